The Morgan fingerprint density at radius 2 is 1.67 bits per heavy atom. The van der Waals surface area contributed by atoms with Gasteiger partial charge in [-0.1, -0.05) is 45.8 Å². The molecule has 0 aliphatic rings. The number of anilines is 1. The molecule has 33 heavy (non-hydrogen) atoms. The van der Waals surface area contributed by atoms with Gasteiger partial charge in [0.05, 0.1) is 10.7 Å². The molecule has 170 valence electrons. The third-order valence-corrected chi connectivity index (χ3v) is 5.78. The molecule has 0 fully saturated rings. The fraction of sp³-hybridized carbons (Fsp3) is 0.160. The molecule has 0 spiro atoms. The van der Waals surface area contributed by atoms with E-state index in [1.54, 1.807) is 24.3 Å². The van der Waals surface area contributed by atoms with E-state index >= 15 is 0 Å². The highest BCUT2D eigenvalue weighted by Crippen LogP contribution is 2.32. The van der Waals surface area contributed by atoms with Crippen LogP contribution in [0, 0.1) is 20.8 Å². The van der Waals surface area contributed by atoms with Crippen LogP contribution < -0.4 is 15.5 Å². The average molecular weight is 573 g/mol. The van der Waals surface area contributed by atoms with E-state index in [9.17, 15) is 9.59 Å². The van der Waals surface area contributed by atoms with Crippen molar-refractivity contribution >= 4 is 55.6 Å². The number of carbonyl (C=O) groups is 2. The summed E-state index contributed by atoms with van der Waals surface area (Å²) in [4.78, 5) is 24.7. The van der Waals surface area contributed by atoms with E-state index in [1.807, 2.05) is 51.1 Å². The van der Waals surface area contributed by atoms with Gasteiger partial charge in [-0.2, -0.15) is 5.10 Å². The maximum atomic E-state index is 12.5. The van der Waals surface area contributed by atoms with Crippen LogP contribution in [-0.2, 0) is 4.79 Å². The monoisotopic (exact) mass is 571 g/mol. The highest BCUT2D eigenvalue weighted by Gasteiger charge is 2.13. The van der Waals surface area contributed by atoms with E-state index in [0.29, 0.717) is 21.3 Å². The highest BCUT2D eigenvalue weighted by atomic mass is 79.9. The molecule has 0 unspecified atom stereocenters. The zero-order valence-corrected chi connectivity index (χ0v) is 21.6. The van der Waals surface area contributed by atoms with Gasteiger partial charge in [-0.3, -0.25) is 9.59 Å². The number of rotatable bonds is 7. The summed E-state index contributed by atoms with van der Waals surface area (Å²) in [5.74, 6) is -0.174. The number of benzene rings is 3. The SMILES string of the molecule is Cc1ccc(C(=O)N/N=C/c2cc(Br)cc(Br)c2OCC(=O)Nc2cc(C)ccc2C)cc1. The quantitative estimate of drug-likeness (QED) is 0.272. The summed E-state index contributed by atoms with van der Waals surface area (Å²) >= 11 is 6.90. The average Bonchev–Trinajstić information content (AvgIpc) is 2.76. The standard InChI is InChI=1S/C25H23Br2N3O3/c1-15-5-8-18(9-6-15)25(32)30-28-13-19-11-20(26)12-21(27)24(19)33-14-23(31)29-22-10-16(2)4-7-17(22)3/h4-13H,14H2,1-3H3,(H,29,31)(H,30,32)/b28-13+. The van der Waals surface area contributed by atoms with Crippen LogP contribution >= 0.6 is 31.9 Å². The Bertz CT molecular complexity index is 1210. The second kappa shape index (κ2) is 11.2. The van der Waals surface area contributed by atoms with Crippen molar-refractivity contribution in [3.63, 3.8) is 0 Å². The molecule has 3 aromatic carbocycles. The van der Waals surface area contributed by atoms with Crippen LogP contribution in [0.1, 0.15) is 32.6 Å². The molecule has 6 nitrogen and oxygen atoms in total. The number of hydrogen-bond donors (Lipinski definition) is 2. The smallest absolute Gasteiger partial charge is 0.271 e. The van der Waals surface area contributed by atoms with Crippen molar-refractivity contribution in [2.75, 3.05) is 11.9 Å². The van der Waals surface area contributed by atoms with Crippen LogP contribution in [0.2, 0.25) is 0 Å². The van der Waals surface area contributed by atoms with Crippen molar-refractivity contribution in [2.24, 2.45) is 5.10 Å². The summed E-state index contributed by atoms with van der Waals surface area (Å²) in [6.07, 6.45) is 1.47. The van der Waals surface area contributed by atoms with Crippen LogP contribution in [0.15, 0.2) is 68.6 Å². The van der Waals surface area contributed by atoms with Gasteiger partial charge in [-0.15, -0.1) is 0 Å². The van der Waals surface area contributed by atoms with Crippen LogP contribution in [0.3, 0.4) is 0 Å². The second-order valence-corrected chi connectivity index (χ2v) is 9.30. The third-order valence-electron chi connectivity index (χ3n) is 4.74. The molecule has 2 amide bonds. The van der Waals surface area contributed by atoms with Gasteiger partial charge in [0.15, 0.2) is 6.61 Å². The highest BCUT2D eigenvalue weighted by molar-refractivity contribution is 9.11. The maximum absolute atomic E-state index is 12.5. The lowest BCUT2D eigenvalue weighted by molar-refractivity contribution is -0.118. The lowest BCUT2D eigenvalue weighted by Crippen LogP contribution is -2.21. The van der Waals surface area contributed by atoms with Gasteiger partial charge in [0.2, 0.25) is 0 Å². The number of hydrogen-bond acceptors (Lipinski definition) is 4. The van der Waals surface area contributed by atoms with Crippen LogP contribution in [0.4, 0.5) is 5.69 Å². The largest absolute Gasteiger partial charge is 0.482 e. The van der Waals surface area contributed by atoms with Gasteiger partial charge in [0.25, 0.3) is 11.8 Å². The zero-order valence-electron chi connectivity index (χ0n) is 18.4. The van der Waals surface area contributed by atoms with E-state index in [4.69, 9.17) is 4.74 Å². The fourth-order valence-corrected chi connectivity index (χ4v) is 4.33. The molecule has 0 radical (unpaired) electrons. The van der Waals surface area contributed by atoms with E-state index in [2.05, 4.69) is 47.7 Å². The summed E-state index contributed by atoms with van der Waals surface area (Å²) in [7, 11) is 0. The minimum atomic E-state index is -0.323. The van der Waals surface area contributed by atoms with Crippen LogP contribution in [0.5, 0.6) is 5.75 Å². The Kier molecular flexibility index (Phi) is 8.41. The van der Waals surface area contributed by atoms with E-state index < -0.39 is 0 Å². The van der Waals surface area contributed by atoms with Crippen molar-refractivity contribution in [2.45, 2.75) is 20.8 Å². The molecule has 3 rings (SSSR count). The van der Waals surface area contributed by atoms with Crippen molar-refractivity contribution < 1.29 is 14.3 Å². The number of ether oxygens (including phenoxy) is 1. The number of aryl methyl sites for hydroxylation is 3. The van der Waals surface area contributed by atoms with Gasteiger partial charge < -0.3 is 10.1 Å². The van der Waals surface area contributed by atoms with Gasteiger partial charge >= 0.3 is 0 Å². The van der Waals surface area contributed by atoms with Gasteiger partial charge in [0.1, 0.15) is 5.75 Å². The molecule has 0 atom stereocenters. The first-order chi connectivity index (χ1) is 15.7. The Morgan fingerprint density at radius 1 is 0.970 bits per heavy atom. The summed E-state index contributed by atoms with van der Waals surface area (Å²) in [5.41, 5.74) is 7.44. The number of nitrogens with one attached hydrogen (secondary N) is 2. The number of carbonyl (C=O) groups excluding carboxylic acids is 2. The van der Waals surface area contributed by atoms with E-state index in [1.165, 1.54) is 6.21 Å². The van der Waals surface area contributed by atoms with E-state index in [-0.39, 0.29) is 18.4 Å². The number of hydrazone groups is 1. The number of halogens is 2. The molecule has 0 bridgehead atoms. The zero-order chi connectivity index (χ0) is 24.0. The first kappa shape index (κ1) is 24.7. The minimum absolute atomic E-state index is 0.190. The third kappa shape index (κ3) is 7.00. The minimum Gasteiger partial charge on any atom is -0.482 e. The molecule has 0 aliphatic heterocycles. The number of nitrogens with zero attached hydrogens (tertiary/aromatic N) is 1. The first-order valence-corrected chi connectivity index (χ1v) is 11.7. The van der Waals surface area contributed by atoms with Crippen molar-refractivity contribution in [1.82, 2.24) is 5.43 Å². The summed E-state index contributed by atoms with van der Waals surface area (Å²) in [6, 6.07) is 16.6. The van der Waals surface area contributed by atoms with Crippen molar-refractivity contribution in [3.8, 4) is 5.75 Å². The Morgan fingerprint density at radius 3 is 2.39 bits per heavy atom. The van der Waals surface area contributed by atoms with Crippen LogP contribution in [0.25, 0.3) is 0 Å². The summed E-state index contributed by atoms with van der Waals surface area (Å²) < 4.78 is 7.23. The molecule has 0 saturated carbocycles. The topological polar surface area (TPSA) is 79.8 Å². The molecule has 8 heteroatoms. The first-order valence-electron chi connectivity index (χ1n) is 10.1. The van der Waals surface area contributed by atoms with Gasteiger partial charge in [-0.05, 0) is 78.2 Å². The fourth-order valence-electron chi connectivity index (χ4n) is 2.95. The van der Waals surface area contributed by atoms with Crippen molar-refractivity contribution in [3.05, 3.63) is 91.4 Å². The molecule has 0 heterocycles. The molecular formula is C25H23Br2N3O3. The predicted octanol–water partition coefficient (Wildman–Crippen LogP) is 5.92. The molecule has 0 aliphatic carbocycles. The Balaban J connectivity index is 1.69. The normalized spacial score (nSPS) is 10.8. The molecule has 3 aromatic rings. The van der Waals surface area contributed by atoms with Crippen LogP contribution in [-0.4, -0.2) is 24.6 Å². The number of amides is 2. The Hall–Kier alpha value is -2.97. The maximum Gasteiger partial charge on any atom is 0.271 e. The second-order valence-electron chi connectivity index (χ2n) is 7.53. The van der Waals surface area contributed by atoms with Crippen molar-refractivity contribution in [1.29, 1.82) is 0 Å². The molecule has 2 N–H and O–H groups in total. The molecule has 0 aromatic heterocycles. The molecular weight excluding hydrogens is 550 g/mol. The summed E-state index contributed by atoms with van der Waals surface area (Å²) in [6.45, 7) is 5.66. The lowest BCUT2D eigenvalue weighted by atomic mass is 10.1. The molecule has 0 saturated heterocycles. The lowest BCUT2D eigenvalue weighted by Gasteiger charge is -2.13. The van der Waals surface area contributed by atoms with Gasteiger partial charge in [0, 0.05) is 21.3 Å². The summed E-state index contributed by atoms with van der Waals surface area (Å²) in [5, 5.41) is 6.93. The van der Waals surface area contributed by atoms with E-state index in [0.717, 1.165) is 26.9 Å². The Labute approximate surface area is 209 Å². The predicted molar refractivity (Wildman–Crippen MR) is 138 cm³/mol. The van der Waals surface area contributed by atoms with Gasteiger partial charge in [-0.25, -0.2) is 5.43 Å².